The minimum absolute atomic E-state index is 0.239. The van der Waals surface area contributed by atoms with E-state index in [0.717, 1.165) is 24.6 Å². The lowest BCUT2D eigenvalue weighted by atomic mass is 9.98. The smallest absolute Gasteiger partial charge is 0.216 e. The van der Waals surface area contributed by atoms with Crippen LogP contribution >= 0.6 is 8.03 Å². The molecule has 0 aromatic carbocycles. The Morgan fingerprint density at radius 3 is 2.62 bits per heavy atom. The van der Waals surface area contributed by atoms with Gasteiger partial charge in [0.25, 0.3) is 0 Å². The Morgan fingerprint density at radius 1 is 1.46 bits per heavy atom. The summed E-state index contributed by atoms with van der Waals surface area (Å²) < 4.78 is 17.0. The summed E-state index contributed by atoms with van der Waals surface area (Å²) in [5.41, 5.74) is 0. The minimum Gasteiger partial charge on any atom is -0.324 e. The average Bonchev–Trinajstić information content (AvgIpc) is 2.18. The van der Waals surface area contributed by atoms with Gasteiger partial charge in [-0.1, -0.05) is 32.8 Å². The van der Waals surface area contributed by atoms with Crippen LogP contribution in [-0.2, 0) is 9.09 Å². The van der Waals surface area contributed by atoms with Crippen molar-refractivity contribution in [1.82, 2.24) is 0 Å². The van der Waals surface area contributed by atoms with Crippen LogP contribution in [0.4, 0.5) is 0 Å². The average molecular weight is 202 g/mol. The molecule has 1 atom stereocenters. The number of allylic oxidation sites excluding steroid dienone is 1. The lowest BCUT2D eigenvalue weighted by Gasteiger charge is -2.21. The molecule has 0 radical (unpaired) electrons. The van der Waals surface area contributed by atoms with Gasteiger partial charge >= 0.3 is 0 Å². The molecule has 0 N–H and O–H groups in total. The molecule has 1 aliphatic rings. The molecule has 0 saturated heterocycles. The van der Waals surface area contributed by atoms with E-state index in [1.165, 1.54) is 19.3 Å². The van der Waals surface area contributed by atoms with Crippen molar-refractivity contribution in [2.75, 3.05) is 0 Å². The van der Waals surface area contributed by atoms with Crippen molar-refractivity contribution in [3.63, 3.8) is 0 Å². The first-order chi connectivity index (χ1) is 6.24. The van der Waals surface area contributed by atoms with Crippen LogP contribution in [0.3, 0.4) is 0 Å². The van der Waals surface area contributed by atoms with Gasteiger partial charge in [-0.2, -0.15) is 0 Å². The van der Waals surface area contributed by atoms with Crippen LogP contribution in [-0.4, -0.2) is 6.10 Å². The molecule has 1 rings (SSSR count). The summed E-state index contributed by atoms with van der Waals surface area (Å²) in [5, 5.41) is 0.774. The molecule has 2 nitrogen and oxygen atoms in total. The van der Waals surface area contributed by atoms with E-state index in [-0.39, 0.29) is 6.10 Å². The van der Waals surface area contributed by atoms with E-state index in [0.29, 0.717) is 0 Å². The molecule has 76 valence electrons. The largest absolute Gasteiger partial charge is 0.324 e. The second-order valence-electron chi connectivity index (χ2n) is 3.62. The Labute approximate surface area is 81.2 Å². The first kappa shape index (κ1) is 11.0. The highest BCUT2D eigenvalue weighted by atomic mass is 31.1. The normalized spacial score (nSPS) is 21.3. The molecule has 0 spiro atoms. The van der Waals surface area contributed by atoms with E-state index in [4.69, 9.17) is 4.52 Å². The molecule has 0 heterocycles. The van der Waals surface area contributed by atoms with E-state index in [1.54, 1.807) is 0 Å². The lowest BCUT2D eigenvalue weighted by molar-refractivity contribution is 0.167. The van der Waals surface area contributed by atoms with Crippen LogP contribution in [0.5, 0.6) is 0 Å². The predicted molar refractivity (Wildman–Crippen MR) is 56.4 cm³/mol. The van der Waals surface area contributed by atoms with E-state index in [1.807, 2.05) is 6.92 Å². The predicted octanol–water partition coefficient (Wildman–Crippen LogP) is 3.73. The summed E-state index contributed by atoms with van der Waals surface area (Å²) in [6.45, 7) is 5.71. The third kappa shape index (κ3) is 3.66. The van der Waals surface area contributed by atoms with Gasteiger partial charge in [0.15, 0.2) is 0 Å². The zero-order chi connectivity index (χ0) is 9.68. The Balaban J connectivity index is 2.30. The van der Waals surface area contributed by atoms with Crippen molar-refractivity contribution in [2.45, 2.75) is 51.6 Å². The molecule has 3 heteroatoms. The van der Waals surface area contributed by atoms with Crippen molar-refractivity contribution >= 4 is 8.03 Å². The van der Waals surface area contributed by atoms with Crippen LogP contribution in [0, 0.1) is 0 Å². The molecule has 0 aromatic heterocycles. The molecule has 0 amide bonds. The summed E-state index contributed by atoms with van der Waals surface area (Å²) in [4.78, 5) is 0. The zero-order valence-corrected chi connectivity index (χ0v) is 9.34. The topological polar surface area (TPSA) is 26.3 Å². The van der Waals surface area contributed by atoms with Crippen LogP contribution in [0.15, 0.2) is 11.9 Å². The van der Waals surface area contributed by atoms with E-state index < -0.39 is 8.03 Å². The van der Waals surface area contributed by atoms with Crippen LogP contribution in [0.2, 0.25) is 0 Å². The second kappa shape index (κ2) is 5.62. The SMILES string of the molecule is C=C(CC)[PH](=O)OC1CCCCC1. The number of hydrogen-bond acceptors (Lipinski definition) is 2. The van der Waals surface area contributed by atoms with Crippen molar-refractivity contribution in [3.8, 4) is 0 Å². The maximum absolute atomic E-state index is 11.5. The zero-order valence-electron chi connectivity index (χ0n) is 8.34. The highest BCUT2D eigenvalue weighted by Gasteiger charge is 2.16. The molecule has 1 unspecified atom stereocenters. The molecule has 1 saturated carbocycles. The monoisotopic (exact) mass is 202 g/mol. The van der Waals surface area contributed by atoms with Gasteiger partial charge in [0, 0.05) is 5.31 Å². The third-order valence-electron chi connectivity index (χ3n) is 2.54. The molecule has 0 aliphatic heterocycles. The highest BCUT2D eigenvalue weighted by molar-refractivity contribution is 7.44. The summed E-state index contributed by atoms with van der Waals surface area (Å²) in [5.74, 6) is 0. The van der Waals surface area contributed by atoms with Gasteiger partial charge in [-0.3, -0.25) is 4.57 Å². The molecule has 1 aliphatic carbocycles. The maximum Gasteiger partial charge on any atom is 0.216 e. The van der Waals surface area contributed by atoms with Gasteiger partial charge in [-0.25, -0.2) is 0 Å². The number of hydrogen-bond donors (Lipinski definition) is 0. The van der Waals surface area contributed by atoms with E-state index in [9.17, 15) is 4.57 Å². The highest BCUT2D eigenvalue weighted by Crippen LogP contribution is 2.38. The fraction of sp³-hybridized carbons (Fsp3) is 0.800. The quantitative estimate of drug-likeness (QED) is 0.649. The fourth-order valence-electron chi connectivity index (χ4n) is 1.56. The first-order valence-electron chi connectivity index (χ1n) is 5.12. The first-order valence-corrected chi connectivity index (χ1v) is 6.44. The van der Waals surface area contributed by atoms with Gasteiger partial charge in [0.05, 0.1) is 6.10 Å². The van der Waals surface area contributed by atoms with Gasteiger partial charge < -0.3 is 4.52 Å². The molecule has 13 heavy (non-hydrogen) atoms. The molecule has 1 fully saturated rings. The summed E-state index contributed by atoms with van der Waals surface area (Å²) in [6.07, 6.45) is 6.90. The lowest BCUT2D eigenvalue weighted by Crippen LogP contribution is -2.13. The van der Waals surface area contributed by atoms with E-state index in [2.05, 4.69) is 6.58 Å². The summed E-state index contributed by atoms with van der Waals surface area (Å²) in [6, 6.07) is 0. The molecular formula is C10H19O2P. The number of rotatable bonds is 4. The van der Waals surface area contributed by atoms with Crippen molar-refractivity contribution < 1.29 is 9.09 Å². The third-order valence-corrected chi connectivity index (χ3v) is 4.02. The Morgan fingerprint density at radius 2 is 2.08 bits per heavy atom. The minimum atomic E-state index is -1.96. The van der Waals surface area contributed by atoms with E-state index >= 15 is 0 Å². The van der Waals surface area contributed by atoms with Crippen LogP contribution in [0.1, 0.15) is 45.4 Å². The molecular weight excluding hydrogens is 183 g/mol. The van der Waals surface area contributed by atoms with Crippen LogP contribution < -0.4 is 0 Å². The van der Waals surface area contributed by atoms with Crippen molar-refractivity contribution in [3.05, 3.63) is 11.9 Å². The fourth-order valence-corrected chi connectivity index (χ4v) is 2.56. The molecule has 0 bridgehead atoms. The van der Waals surface area contributed by atoms with Crippen molar-refractivity contribution in [2.24, 2.45) is 0 Å². The summed E-state index contributed by atoms with van der Waals surface area (Å²) >= 11 is 0. The van der Waals surface area contributed by atoms with Crippen molar-refractivity contribution in [1.29, 1.82) is 0 Å². The Kier molecular flexibility index (Phi) is 4.76. The van der Waals surface area contributed by atoms with Gasteiger partial charge in [0.1, 0.15) is 0 Å². The van der Waals surface area contributed by atoms with Gasteiger partial charge in [-0.15, -0.1) is 0 Å². The van der Waals surface area contributed by atoms with Crippen LogP contribution in [0.25, 0.3) is 0 Å². The summed E-state index contributed by atoms with van der Waals surface area (Å²) in [7, 11) is -1.96. The van der Waals surface area contributed by atoms with Gasteiger partial charge in [0.2, 0.25) is 8.03 Å². The maximum atomic E-state index is 11.5. The standard InChI is InChI=1S/C10H19O2P/c1-3-9(2)13(11)12-10-7-5-4-6-8-10/h10,13H,2-8H2,1H3. The molecule has 0 aromatic rings. The second-order valence-corrected chi connectivity index (χ2v) is 5.14. The Hall–Kier alpha value is -0.0700. The van der Waals surface area contributed by atoms with Gasteiger partial charge in [-0.05, 0) is 19.3 Å². The Bertz CT molecular complexity index is 195.